The summed E-state index contributed by atoms with van der Waals surface area (Å²) in [6.07, 6.45) is 1.57. The van der Waals surface area contributed by atoms with E-state index in [1.165, 1.54) is 11.8 Å². The Morgan fingerprint density at radius 2 is 2.47 bits per heavy atom. The Morgan fingerprint density at radius 1 is 1.73 bits per heavy atom. The van der Waals surface area contributed by atoms with Crippen LogP contribution in [0.15, 0.2) is 17.3 Å². The average molecular weight is 223 g/mol. The van der Waals surface area contributed by atoms with E-state index in [0.29, 0.717) is 16.3 Å². The molecule has 1 unspecified atom stereocenters. The molecule has 0 spiro atoms. The topological polar surface area (TPSA) is 82.9 Å². The first-order chi connectivity index (χ1) is 7.19. The Morgan fingerprint density at radius 3 is 3.07 bits per heavy atom. The number of pyridine rings is 1. The van der Waals surface area contributed by atoms with E-state index in [1.54, 1.807) is 12.3 Å². The molecule has 1 heterocycles. The zero-order chi connectivity index (χ0) is 11.3. The van der Waals surface area contributed by atoms with Crippen molar-refractivity contribution in [3.05, 3.63) is 17.8 Å². The predicted octanol–water partition coefficient (Wildman–Crippen LogP) is 1.26. The number of hydrogen-bond donors (Lipinski definition) is 2. The van der Waals surface area contributed by atoms with Crippen LogP contribution in [0.25, 0.3) is 0 Å². The Hall–Kier alpha value is -1.25. The fourth-order valence-electron chi connectivity index (χ4n) is 0.940. The second-order valence-corrected chi connectivity index (χ2v) is 4.30. The van der Waals surface area contributed by atoms with Gasteiger partial charge in [0.1, 0.15) is 11.1 Å². The number of nitrogens with two attached hydrogens (primary N) is 1. The number of nitrogen functional groups attached to an aromatic ring is 1. The SMILES string of the molecule is CC(CO)CSc1nccc(C#N)c1N. The molecule has 0 aliphatic carbocycles. The normalized spacial score (nSPS) is 12.1. The lowest BCUT2D eigenvalue weighted by atomic mass is 10.2. The smallest absolute Gasteiger partial charge is 0.120 e. The van der Waals surface area contributed by atoms with Crippen LogP contribution >= 0.6 is 11.8 Å². The van der Waals surface area contributed by atoms with Gasteiger partial charge in [0.2, 0.25) is 0 Å². The standard InChI is InChI=1S/C10H13N3OS/c1-7(5-14)6-15-10-9(12)8(4-11)2-3-13-10/h2-3,7,14H,5-6,12H2,1H3. The molecule has 1 rings (SSSR count). The number of hydrogen-bond acceptors (Lipinski definition) is 5. The minimum Gasteiger partial charge on any atom is -0.396 e. The minimum absolute atomic E-state index is 0.144. The number of anilines is 1. The van der Waals surface area contributed by atoms with E-state index >= 15 is 0 Å². The molecule has 1 atom stereocenters. The van der Waals surface area contributed by atoms with E-state index < -0.39 is 0 Å². The molecule has 0 aliphatic heterocycles. The molecule has 0 amide bonds. The molecule has 1 aromatic rings. The molecule has 0 aromatic carbocycles. The van der Waals surface area contributed by atoms with Crippen LogP contribution in [-0.4, -0.2) is 22.5 Å². The van der Waals surface area contributed by atoms with Crippen molar-refractivity contribution in [3.8, 4) is 6.07 Å². The highest BCUT2D eigenvalue weighted by molar-refractivity contribution is 7.99. The molecule has 0 aliphatic rings. The van der Waals surface area contributed by atoms with Crippen molar-refractivity contribution >= 4 is 17.4 Å². The maximum Gasteiger partial charge on any atom is 0.120 e. The number of nitrogens with zero attached hydrogens (tertiary/aromatic N) is 2. The van der Waals surface area contributed by atoms with Gasteiger partial charge in [0.25, 0.3) is 0 Å². The average Bonchev–Trinajstić information content (AvgIpc) is 2.27. The van der Waals surface area contributed by atoms with Gasteiger partial charge in [0, 0.05) is 18.6 Å². The van der Waals surface area contributed by atoms with Crippen molar-refractivity contribution in [2.45, 2.75) is 11.9 Å². The molecule has 0 fully saturated rings. The molecular weight excluding hydrogens is 210 g/mol. The number of aromatic nitrogens is 1. The van der Waals surface area contributed by atoms with E-state index in [9.17, 15) is 0 Å². The molecule has 0 radical (unpaired) electrons. The van der Waals surface area contributed by atoms with Gasteiger partial charge in [-0.1, -0.05) is 6.92 Å². The quantitative estimate of drug-likeness (QED) is 0.751. The van der Waals surface area contributed by atoms with Gasteiger partial charge < -0.3 is 10.8 Å². The maximum atomic E-state index is 8.87. The first-order valence-corrected chi connectivity index (χ1v) is 5.55. The van der Waals surface area contributed by atoms with Crippen LogP contribution < -0.4 is 5.73 Å². The molecule has 0 bridgehead atoms. The Bertz CT molecular complexity index is 375. The first kappa shape index (κ1) is 11.8. The number of rotatable bonds is 4. The molecule has 3 N–H and O–H groups in total. The lowest BCUT2D eigenvalue weighted by molar-refractivity contribution is 0.250. The van der Waals surface area contributed by atoms with Crippen LogP contribution in [0.4, 0.5) is 5.69 Å². The van der Waals surface area contributed by atoms with E-state index in [0.717, 1.165) is 5.75 Å². The highest BCUT2D eigenvalue weighted by Crippen LogP contribution is 2.26. The monoisotopic (exact) mass is 223 g/mol. The first-order valence-electron chi connectivity index (χ1n) is 4.57. The third kappa shape index (κ3) is 3.11. The molecule has 15 heavy (non-hydrogen) atoms. The van der Waals surface area contributed by atoms with Gasteiger partial charge in [0.05, 0.1) is 11.3 Å². The van der Waals surface area contributed by atoms with E-state index in [2.05, 4.69) is 4.98 Å². The summed E-state index contributed by atoms with van der Waals surface area (Å²) in [5.41, 5.74) is 6.63. The maximum absolute atomic E-state index is 8.87. The summed E-state index contributed by atoms with van der Waals surface area (Å²) >= 11 is 1.46. The zero-order valence-corrected chi connectivity index (χ0v) is 9.29. The van der Waals surface area contributed by atoms with Gasteiger partial charge >= 0.3 is 0 Å². The summed E-state index contributed by atoms with van der Waals surface area (Å²) in [6.45, 7) is 2.09. The van der Waals surface area contributed by atoms with Crippen molar-refractivity contribution < 1.29 is 5.11 Å². The van der Waals surface area contributed by atoms with E-state index in [-0.39, 0.29) is 12.5 Å². The molecule has 0 saturated carbocycles. The fraction of sp³-hybridized carbons (Fsp3) is 0.400. The molecule has 4 nitrogen and oxygen atoms in total. The van der Waals surface area contributed by atoms with Crippen molar-refractivity contribution in [1.29, 1.82) is 5.26 Å². The van der Waals surface area contributed by atoms with Crippen LogP contribution in [0.3, 0.4) is 0 Å². The van der Waals surface area contributed by atoms with Gasteiger partial charge in [-0.2, -0.15) is 5.26 Å². The van der Waals surface area contributed by atoms with Crippen LogP contribution in [0.1, 0.15) is 12.5 Å². The minimum atomic E-state index is 0.144. The number of aliphatic hydroxyl groups is 1. The third-order valence-corrected chi connectivity index (χ3v) is 3.22. The summed E-state index contributed by atoms with van der Waals surface area (Å²) in [5.74, 6) is 0.935. The second kappa shape index (κ2) is 5.59. The summed E-state index contributed by atoms with van der Waals surface area (Å²) < 4.78 is 0. The molecular formula is C10H13N3OS. The second-order valence-electron chi connectivity index (χ2n) is 3.29. The summed E-state index contributed by atoms with van der Waals surface area (Å²) in [6, 6.07) is 3.60. The van der Waals surface area contributed by atoms with Crippen LogP contribution in [0.2, 0.25) is 0 Å². The van der Waals surface area contributed by atoms with Crippen LogP contribution in [-0.2, 0) is 0 Å². The molecule has 5 heteroatoms. The summed E-state index contributed by atoms with van der Waals surface area (Å²) in [5, 5.41) is 18.3. The van der Waals surface area contributed by atoms with E-state index in [4.69, 9.17) is 16.1 Å². The van der Waals surface area contributed by atoms with Gasteiger partial charge in [0.15, 0.2) is 0 Å². The fourth-order valence-corrected chi connectivity index (χ4v) is 1.89. The summed E-state index contributed by atoms with van der Waals surface area (Å²) in [7, 11) is 0. The Labute approximate surface area is 93.1 Å². The van der Waals surface area contributed by atoms with Crippen LogP contribution in [0, 0.1) is 17.2 Å². The molecule has 0 saturated heterocycles. The largest absolute Gasteiger partial charge is 0.396 e. The lowest BCUT2D eigenvalue weighted by Gasteiger charge is -2.08. The lowest BCUT2D eigenvalue weighted by Crippen LogP contribution is -2.04. The summed E-state index contributed by atoms with van der Waals surface area (Å²) in [4.78, 5) is 4.10. The number of nitriles is 1. The Kier molecular flexibility index (Phi) is 4.40. The highest BCUT2D eigenvalue weighted by Gasteiger charge is 2.08. The zero-order valence-electron chi connectivity index (χ0n) is 8.47. The predicted molar refractivity (Wildman–Crippen MR) is 60.3 cm³/mol. The molecule has 1 aromatic heterocycles. The third-order valence-electron chi connectivity index (χ3n) is 1.89. The van der Waals surface area contributed by atoms with E-state index in [1.807, 2.05) is 13.0 Å². The van der Waals surface area contributed by atoms with Gasteiger partial charge in [-0.15, -0.1) is 11.8 Å². The van der Waals surface area contributed by atoms with Crippen molar-refractivity contribution in [2.24, 2.45) is 5.92 Å². The van der Waals surface area contributed by atoms with Gasteiger partial charge in [-0.25, -0.2) is 4.98 Å². The number of aliphatic hydroxyl groups excluding tert-OH is 1. The van der Waals surface area contributed by atoms with Crippen LogP contribution in [0.5, 0.6) is 0 Å². The van der Waals surface area contributed by atoms with Gasteiger partial charge in [-0.3, -0.25) is 0 Å². The van der Waals surface area contributed by atoms with Gasteiger partial charge in [-0.05, 0) is 12.0 Å². The van der Waals surface area contributed by atoms with Crippen molar-refractivity contribution in [3.63, 3.8) is 0 Å². The highest BCUT2D eigenvalue weighted by atomic mass is 32.2. The van der Waals surface area contributed by atoms with Crippen molar-refractivity contribution in [1.82, 2.24) is 4.98 Å². The van der Waals surface area contributed by atoms with Crippen molar-refractivity contribution in [2.75, 3.05) is 18.1 Å². The Balaban J connectivity index is 2.74. The number of thioether (sulfide) groups is 1. The molecule has 80 valence electrons.